The van der Waals surface area contributed by atoms with Crippen molar-refractivity contribution < 1.29 is 73.2 Å². The molecule has 0 saturated heterocycles. The van der Waals surface area contributed by atoms with Gasteiger partial charge in [0.15, 0.2) is 11.5 Å². The lowest BCUT2D eigenvalue weighted by atomic mass is 9.75. The second-order valence-corrected chi connectivity index (χ2v) is 15.3. The van der Waals surface area contributed by atoms with Crippen LogP contribution in [0.2, 0.25) is 0 Å². The summed E-state index contributed by atoms with van der Waals surface area (Å²) in [6.07, 6.45) is -0.811. The van der Waals surface area contributed by atoms with E-state index in [1.54, 1.807) is 13.0 Å². The van der Waals surface area contributed by atoms with E-state index in [0.717, 1.165) is 21.0 Å². The maximum atomic E-state index is 14.0. The first-order valence-electron chi connectivity index (χ1n) is 18.7. The molecule has 0 unspecified atom stereocenters. The number of benzene rings is 1. The van der Waals surface area contributed by atoms with Crippen molar-refractivity contribution in [3.63, 3.8) is 0 Å². The molecule has 0 radical (unpaired) electrons. The van der Waals surface area contributed by atoms with E-state index in [1.807, 2.05) is 0 Å². The first kappa shape index (κ1) is 45.4. The normalized spacial score (nSPS) is 29.7. The Balaban J connectivity index is 2.10. The highest BCUT2D eigenvalue weighted by Gasteiger charge is 2.49. The first-order valence-corrected chi connectivity index (χ1v) is 18.7. The Labute approximate surface area is 336 Å². The van der Waals surface area contributed by atoms with Gasteiger partial charge in [0.2, 0.25) is 6.79 Å². The molecule has 1 aliphatic carbocycles. The van der Waals surface area contributed by atoms with Crippen LogP contribution in [-0.4, -0.2) is 99.1 Å². The van der Waals surface area contributed by atoms with Gasteiger partial charge < -0.3 is 54.5 Å². The number of esters is 3. The number of amides is 1. The molecule has 1 aromatic carbocycles. The third-order valence-corrected chi connectivity index (χ3v) is 10.9. The van der Waals surface area contributed by atoms with Gasteiger partial charge in [0.1, 0.15) is 34.9 Å². The molecule has 0 fully saturated rings. The van der Waals surface area contributed by atoms with Crippen LogP contribution in [-0.2, 0) is 38.1 Å². The topological polar surface area (TPSA) is 245 Å². The number of fused-ring (bicyclic) bond motifs is 14. The third-order valence-electron chi connectivity index (χ3n) is 10.9. The SMILES string of the molecule is COC(=O)[C@@H]1[C@H](O)[C@H](C)[C@H](O)[C@H](C)C=CC=C(C)C(=O)Nc2c(C)c(OC(C)=O)c3c(c2O)C(=O)C(C)=C2OCOC(=C23)C(C)=C[C@](C)(O)[C@H](O)[C@H](C)[C@H]1OC(C)=O. The number of aromatic hydroxyl groups is 1. The van der Waals surface area contributed by atoms with Gasteiger partial charge in [-0.15, -0.1) is 0 Å². The number of nitrogens with one attached hydrogen (secondary N) is 1. The number of methoxy groups -OCH3 is 1. The standard InChI is InChI=1S/C42H53NO15/c1-17-13-12-14-18(2)40(51)43-30-20(4)37(57-24(8)44)26-27(34(30)49)33(48)22(6)36-28(26)35(55-16-56-36)19(3)15-42(10,53)39(50)23(7)38(58-25(9)45)29(41(52)54-11)32(47)21(5)31(17)46/h12-15,17,21,23,29,31-32,38-39,46-47,49-50,53H,16H2,1-11H3,(H,43,51)/t17-,21-,23-,29-,31-,32-,38-,39-,42+/m1/s1. The number of aliphatic hydroxyl groups excluding tert-OH is 3. The fourth-order valence-corrected chi connectivity index (χ4v) is 7.63. The average molecular weight is 812 g/mol. The lowest BCUT2D eigenvalue weighted by Gasteiger charge is -2.40. The Hall–Kier alpha value is -5.29. The average Bonchev–Trinajstić information content (AvgIpc) is 3.16. The zero-order valence-corrected chi connectivity index (χ0v) is 34.5. The van der Waals surface area contributed by atoms with E-state index in [9.17, 15) is 49.5 Å². The van der Waals surface area contributed by atoms with Gasteiger partial charge in [-0.3, -0.25) is 24.0 Å². The van der Waals surface area contributed by atoms with Crippen LogP contribution in [0.5, 0.6) is 11.5 Å². The number of carbonyl (C=O) groups is 5. The monoisotopic (exact) mass is 811 g/mol. The summed E-state index contributed by atoms with van der Waals surface area (Å²) in [5, 5.41) is 61.2. The molecule has 58 heavy (non-hydrogen) atoms. The fraction of sp³-hybridized carbons (Fsp3) is 0.500. The van der Waals surface area contributed by atoms with Crippen LogP contribution >= 0.6 is 0 Å². The number of phenols is 1. The van der Waals surface area contributed by atoms with Crippen LogP contribution in [0.15, 0.2) is 52.5 Å². The highest BCUT2D eigenvalue weighted by atomic mass is 16.7. The molecule has 6 N–H and O–H groups in total. The second kappa shape index (κ2) is 17.7. The van der Waals surface area contributed by atoms with Crippen molar-refractivity contribution in [2.24, 2.45) is 23.7 Å². The molecule has 1 amide bonds. The Bertz CT molecular complexity index is 2040. The number of Topliss-reactive ketones (excluding diaryl/α,β-unsaturated/α-hetero) is 1. The van der Waals surface area contributed by atoms with Gasteiger partial charge in [0.05, 0.1) is 42.2 Å². The van der Waals surface area contributed by atoms with Crippen LogP contribution in [0.1, 0.15) is 83.8 Å². The maximum Gasteiger partial charge on any atom is 0.315 e. The number of anilines is 1. The summed E-state index contributed by atoms with van der Waals surface area (Å²) >= 11 is 0. The number of phenolic OH excluding ortho intramolecular Hbond substituents is 1. The summed E-state index contributed by atoms with van der Waals surface area (Å²) in [5.41, 5.74) is -2.49. The molecule has 9 atom stereocenters. The number of allylic oxidation sites excluding steroid dienone is 5. The van der Waals surface area contributed by atoms with E-state index in [2.05, 4.69) is 5.32 Å². The van der Waals surface area contributed by atoms with Crippen molar-refractivity contribution in [1.82, 2.24) is 0 Å². The van der Waals surface area contributed by atoms with E-state index >= 15 is 0 Å². The molecule has 3 aliphatic heterocycles. The third kappa shape index (κ3) is 8.74. The predicted molar refractivity (Wildman–Crippen MR) is 208 cm³/mol. The molecule has 3 heterocycles. The molecule has 4 bridgehead atoms. The Morgan fingerprint density at radius 2 is 1.52 bits per heavy atom. The van der Waals surface area contributed by atoms with Gasteiger partial charge >= 0.3 is 17.9 Å². The van der Waals surface area contributed by atoms with Gasteiger partial charge in [-0.25, -0.2) is 0 Å². The molecule has 5 rings (SSSR count). The molecule has 0 aromatic heterocycles. The Kier molecular flexibility index (Phi) is 13.8. The van der Waals surface area contributed by atoms with Crippen molar-refractivity contribution in [2.75, 3.05) is 19.2 Å². The van der Waals surface area contributed by atoms with E-state index in [-0.39, 0.29) is 61.9 Å². The fourth-order valence-electron chi connectivity index (χ4n) is 7.63. The summed E-state index contributed by atoms with van der Waals surface area (Å²) in [6.45, 7) is 13.4. The molecule has 16 heteroatoms. The van der Waals surface area contributed by atoms with Crippen molar-refractivity contribution in [3.8, 4) is 11.5 Å². The van der Waals surface area contributed by atoms with Crippen molar-refractivity contribution in [3.05, 3.63) is 69.2 Å². The molecule has 16 nitrogen and oxygen atoms in total. The number of hydrogen-bond acceptors (Lipinski definition) is 15. The van der Waals surface area contributed by atoms with Crippen molar-refractivity contribution in [2.45, 2.75) is 99.3 Å². The van der Waals surface area contributed by atoms with Crippen molar-refractivity contribution in [1.29, 1.82) is 0 Å². The highest BCUT2D eigenvalue weighted by molar-refractivity contribution is 6.21. The highest BCUT2D eigenvalue weighted by Crippen LogP contribution is 2.53. The van der Waals surface area contributed by atoms with E-state index in [1.165, 1.54) is 66.7 Å². The predicted octanol–water partition coefficient (Wildman–Crippen LogP) is 3.68. The summed E-state index contributed by atoms with van der Waals surface area (Å²) in [5.74, 6) is -9.71. The number of carbonyl (C=O) groups excluding carboxylic acids is 5. The van der Waals surface area contributed by atoms with Crippen LogP contribution in [0.3, 0.4) is 0 Å². The molecule has 0 saturated carbocycles. The number of rotatable bonds is 3. The van der Waals surface area contributed by atoms with Gasteiger partial charge in [0, 0.05) is 53.9 Å². The van der Waals surface area contributed by atoms with Gasteiger partial charge in [-0.2, -0.15) is 0 Å². The summed E-state index contributed by atoms with van der Waals surface area (Å²) in [7, 11) is 1.06. The zero-order valence-electron chi connectivity index (χ0n) is 34.5. The zero-order chi connectivity index (χ0) is 43.7. The smallest absolute Gasteiger partial charge is 0.315 e. The van der Waals surface area contributed by atoms with Crippen LogP contribution < -0.4 is 10.1 Å². The molecule has 4 aliphatic rings. The van der Waals surface area contributed by atoms with Crippen LogP contribution in [0.25, 0.3) is 5.57 Å². The maximum absolute atomic E-state index is 14.0. The minimum Gasteiger partial charge on any atom is -0.505 e. The lowest BCUT2D eigenvalue weighted by molar-refractivity contribution is -0.181. The second-order valence-electron chi connectivity index (χ2n) is 15.3. The number of aliphatic hydroxyl groups is 4. The molecule has 0 spiro atoms. The minimum atomic E-state index is -2.22. The molecular weight excluding hydrogens is 758 g/mol. The van der Waals surface area contributed by atoms with Crippen molar-refractivity contribution >= 4 is 40.9 Å². The van der Waals surface area contributed by atoms with Gasteiger partial charge in [-0.1, -0.05) is 39.0 Å². The molecule has 316 valence electrons. The van der Waals surface area contributed by atoms with Crippen LogP contribution in [0, 0.1) is 30.6 Å². The Morgan fingerprint density at radius 3 is 2.10 bits per heavy atom. The number of ether oxygens (including phenoxy) is 5. The number of ketones is 1. The molecular formula is C42H53NO15. The summed E-state index contributed by atoms with van der Waals surface area (Å²) < 4.78 is 28.0. The van der Waals surface area contributed by atoms with E-state index in [0.29, 0.717) is 0 Å². The quantitative estimate of drug-likeness (QED) is 0.145. The number of hydrogen-bond donors (Lipinski definition) is 6. The minimum absolute atomic E-state index is 0.00972. The first-order chi connectivity index (χ1) is 27.0. The Morgan fingerprint density at radius 1 is 0.897 bits per heavy atom. The van der Waals surface area contributed by atoms with Gasteiger partial charge in [-0.05, 0) is 46.3 Å². The van der Waals surface area contributed by atoms with E-state index < -0.39 is 95.8 Å². The largest absolute Gasteiger partial charge is 0.505 e. The lowest BCUT2D eigenvalue weighted by Crippen LogP contribution is -2.54. The molecule has 1 aromatic rings. The van der Waals surface area contributed by atoms with Gasteiger partial charge in [0.25, 0.3) is 5.91 Å². The summed E-state index contributed by atoms with van der Waals surface area (Å²) in [4.78, 5) is 66.1. The van der Waals surface area contributed by atoms with Crippen LogP contribution in [0.4, 0.5) is 5.69 Å². The van der Waals surface area contributed by atoms with E-state index in [4.69, 9.17) is 23.7 Å². The summed E-state index contributed by atoms with van der Waals surface area (Å²) in [6, 6.07) is 0.